The van der Waals surface area contributed by atoms with E-state index in [0.717, 1.165) is 57.2 Å². The molecule has 1 aromatic carbocycles. The van der Waals surface area contributed by atoms with Crippen LogP contribution in [0.5, 0.6) is 0 Å². The van der Waals surface area contributed by atoms with Crippen molar-refractivity contribution in [3.05, 3.63) is 60.1 Å². The number of likely N-dealkylation sites (tertiary alicyclic amines) is 1. The van der Waals surface area contributed by atoms with E-state index in [1.165, 1.54) is 31.2 Å². The summed E-state index contributed by atoms with van der Waals surface area (Å²) in [6.45, 7) is 4.08. The Kier molecular flexibility index (Phi) is 7.24. The summed E-state index contributed by atoms with van der Waals surface area (Å²) in [5.74, 6) is 1.99. The summed E-state index contributed by atoms with van der Waals surface area (Å²) in [5, 5.41) is 7.42. The minimum Gasteiger partial charge on any atom is -0.469 e. The minimum absolute atomic E-state index is 0.498. The maximum absolute atomic E-state index is 5.44. The van der Waals surface area contributed by atoms with Gasteiger partial charge in [-0.25, -0.2) is 0 Å². The van der Waals surface area contributed by atoms with Crippen molar-refractivity contribution in [2.45, 2.75) is 63.6 Å². The number of guanidine groups is 1. The molecule has 2 N–H and O–H groups in total. The molecule has 2 aromatic rings. The van der Waals surface area contributed by atoms with Crippen LogP contribution in [0.15, 0.2) is 58.1 Å². The Morgan fingerprint density at radius 2 is 1.66 bits per heavy atom. The number of piperidine rings is 1. The number of hydrogen-bond donors (Lipinski definition) is 2. The van der Waals surface area contributed by atoms with Crippen LogP contribution in [0.3, 0.4) is 0 Å². The molecule has 0 bridgehead atoms. The number of aliphatic imine (C=N–C) groups is 1. The van der Waals surface area contributed by atoms with Gasteiger partial charge in [-0.3, -0.25) is 9.89 Å². The molecule has 5 heteroatoms. The molecule has 1 saturated heterocycles. The lowest BCUT2D eigenvalue weighted by molar-refractivity contribution is 0.198. The predicted octanol–water partition coefficient (Wildman–Crippen LogP) is 3.96. The molecular formula is C24H34N4O. The molecule has 5 nitrogen and oxygen atoms in total. The van der Waals surface area contributed by atoms with Gasteiger partial charge in [-0.15, -0.1) is 0 Å². The monoisotopic (exact) mass is 394 g/mol. The smallest absolute Gasteiger partial charge is 0.191 e. The summed E-state index contributed by atoms with van der Waals surface area (Å²) in [5.41, 5.74) is 1.40. The summed E-state index contributed by atoms with van der Waals surface area (Å²) >= 11 is 0. The molecule has 2 fully saturated rings. The Morgan fingerprint density at radius 1 is 0.931 bits per heavy atom. The quantitative estimate of drug-likeness (QED) is 0.551. The third-order valence-corrected chi connectivity index (χ3v) is 6.08. The molecular weight excluding hydrogens is 360 g/mol. The van der Waals surface area contributed by atoms with Crippen molar-refractivity contribution in [1.82, 2.24) is 15.5 Å². The summed E-state index contributed by atoms with van der Waals surface area (Å²) in [6.07, 6.45) is 10.1. The lowest BCUT2D eigenvalue weighted by atomic mass is 10.0. The third-order valence-electron chi connectivity index (χ3n) is 6.08. The van der Waals surface area contributed by atoms with Crippen molar-refractivity contribution in [2.24, 2.45) is 4.99 Å². The number of nitrogens with zero attached hydrogens (tertiary/aromatic N) is 2. The second kappa shape index (κ2) is 10.5. The molecule has 0 radical (unpaired) electrons. The molecule has 2 heterocycles. The average molecular weight is 395 g/mol. The van der Waals surface area contributed by atoms with Crippen LogP contribution in [0.1, 0.15) is 49.8 Å². The molecule has 1 aliphatic carbocycles. The van der Waals surface area contributed by atoms with E-state index in [1.54, 1.807) is 6.26 Å². The first-order chi connectivity index (χ1) is 14.3. The van der Waals surface area contributed by atoms with Crippen molar-refractivity contribution in [1.29, 1.82) is 0 Å². The molecule has 1 saturated carbocycles. The summed E-state index contributed by atoms with van der Waals surface area (Å²) in [4.78, 5) is 7.42. The maximum Gasteiger partial charge on any atom is 0.191 e. The highest BCUT2D eigenvalue weighted by Gasteiger charge is 2.22. The number of rotatable bonds is 7. The summed E-state index contributed by atoms with van der Waals surface area (Å²) in [7, 11) is 0. The Labute approximate surface area is 174 Å². The van der Waals surface area contributed by atoms with E-state index in [-0.39, 0.29) is 0 Å². The Balaban J connectivity index is 1.27. The molecule has 1 aliphatic heterocycles. The van der Waals surface area contributed by atoms with Crippen molar-refractivity contribution in [3.8, 4) is 0 Å². The van der Waals surface area contributed by atoms with E-state index in [1.807, 2.05) is 12.1 Å². The lowest BCUT2D eigenvalue weighted by Gasteiger charge is -2.33. The molecule has 29 heavy (non-hydrogen) atoms. The summed E-state index contributed by atoms with van der Waals surface area (Å²) < 4.78 is 5.44. The SMILES string of the molecule is c1ccc(CN2CCC(NC(=NCCc3ccco3)NC3CCCC3)CC2)cc1. The van der Waals surface area contributed by atoms with Gasteiger partial charge >= 0.3 is 0 Å². The fraction of sp³-hybridized carbons (Fsp3) is 0.542. The fourth-order valence-electron chi connectivity index (χ4n) is 4.40. The van der Waals surface area contributed by atoms with Crippen molar-refractivity contribution >= 4 is 5.96 Å². The highest BCUT2D eigenvalue weighted by atomic mass is 16.3. The molecule has 0 spiro atoms. The van der Waals surface area contributed by atoms with E-state index in [9.17, 15) is 0 Å². The maximum atomic E-state index is 5.44. The standard InChI is InChI=1S/C24H34N4O/c1-2-7-20(8-3-1)19-28-16-13-22(14-17-28)27-24(26-21-9-4-5-10-21)25-15-12-23-11-6-18-29-23/h1-3,6-8,11,18,21-22H,4-5,9-10,12-17,19H2,(H2,25,26,27). The third kappa shape index (κ3) is 6.36. The Morgan fingerprint density at radius 3 is 2.34 bits per heavy atom. The van der Waals surface area contributed by atoms with Gasteiger partial charge in [-0.1, -0.05) is 43.2 Å². The van der Waals surface area contributed by atoms with Gasteiger partial charge in [0.25, 0.3) is 0 Å². The van der Waals surface area contributed by atoms with Crippen LogP contribution >= 0.6 is 0 Å². The molecule has 4 rings (SSSR count). The minimum atomic E-state index is 0.498. The molecule has 0 amide bonds. The highest BCUT2D eigenvalue weighted by Crippen LogP contribution is 2.18. The highest BCUT2D eigenvalue weighted by molar-refractivity contribution is 5.80. The zero-order chi connectivity index (χ0) is 19.7. The van der Waals surface area contributed by atoms with Crippen LogP contribution in [-0.4, -0.2) is 42.6 Å². The number of nitrogens with one attached hydrogen (secondary N) is 2. The van der Waals surface area contributed by atoms with Crippen LogP contribution in [0.25, 0.3) is 0 Å². The molecule has 0 atom stereocenters. The van der Waals surface area contributed by atoms with Gasteiger partial charge in [0.15, 0.2) is 5.96 Å². The van der Waals surface area contributed by atoms with Crippen LogP contribution < -0.4 is 10.6 Å². The van der Waals surface area contributed by atoms with Gasteiger partial charge in [0.05, 0.1) is 6.26 Å². The Hall–Kier alpha value is -2.27. The number of benzene rings is 1. The first-order valence-corrected chi connectivity index (χ1v) is 11.2. The largest absolute Gasteiger partial charge is 0.469 e. The van der Waals surface area contributed by atoms with E-state index < -0.39 is 0 Å². The molecule has 1 aromatic heterocycles. The van der Waals surface area contributed by atoms with E-state index in [2.05, 4.69) is 45.9 Å². The number of hydrogen-bond acceptors (Lipinski definition) is 3. The van der Waals surface area contributed by atoms with Gasteiger partial charge in [-0.05, 0) is 43.4 Å². The molecule has 2 aliphatic rings. The van der Waals surface area contributed by atoms with E-state index >= 15 is 0 Å². The Bertz CT molecular complexity index is 730. The zero-order valence-corrected chi connectivity index (χ0v) is 17.4. The summed E-state index contributed by atoms with van der Waals surface area (Å²) in [6, 6.07) is 15.8. The van der Waals surface area contributed by atoms with Gasteiger partial charge in [0, 0.05) is 44.7 Å². The molecule has 0 unspecified atom stereocenters. The van der Waals surface area contributed by atoms with Crippen LogP contribution in [0.4, 0.5) is 0 Å². The second-order valence-electron chi connectivity index (χ2n) is 8.37. The van der Waals surface area contributed by atoms with Crippen molar-refractivity contribution < 1.29 is 4.42 Å². The number of furan rings is 1. The molecule has 156 valence electrons. The van der Waals surface area contributed by atoms with Crippen LogP contribution in [-0.2, 0) is 13.0 Å². The van der Waals surface area contributed by atoms with Crippen LogP contribution in [0.2, 0.25) is 0 Å². The van der Waals surface area contributed by atoms with Gasteiger partial charge < -0.3 is 15.1 Å². The predicted molar refractivity (Wildman–Crippen MR) is 118 cm³/mol. The zero-order valence-electron chi connectivity index (χ0n) is 17.4. The van der Waals surface area contributed by atoms with Gasteiger partial charge in [0.1, 0.15) is 5.76 Å². The van der Waals surface area contributed by atoms with E-state index in [0.29, 0.717) is 12.1 Å². The normalized spacial score (nSPS) is 19.5. The van der Waals surface area contributed by atoms with Crippen LogP contribution in [0, 0.1) is 0 Å². The topological polar surface area (TPSA) is 52.8 Å². The second-order valence-corrected chi connectivity index (χ2v) is 8.37. The van der Waals surface area contributed by atoms with Crippen molar-refractivity contribution in [2.75, 3.05) is 19.6 Å². The average Bonchev–Trinajstić information content (AvgIpc) is 3.45. The fourth-order valence-corrected chi connectivity index (χ4v) is 4.40. The van der Waals surface area contributed by atoms with Crippen molar-refractivity contribution in [3.63, 3.8) is 0 Å². The first kappa shape index (κ1) is 20.0. The first-order valence-electron chi connectivity index (χ1n) is 11.2. The lowest BCUT2D eigenvalue weighted by Crippen LogP contribution is -2.50. The van der Waals surface area contributed by atoms with Gasteiger partial charge in [0.2, 0.25) is 0 Å². The van der Waals surface area contributed by atoms with Gasteiger partial charge in [-0.2, -0.15) is 0 Å². The van der Waals surface area contributed by atoms with E-state index in [4.69, 9.17) is 9.41 Å².